The minimum atomic E-state index is -0.737. The Balaban J connectivity index is 1.70. The van der Waals surface area contributed by atoms with E-state index in [4.69, 9.17) is 23.0 Å². The molecule has 0 unspecified atom stereocenters. The smallest absolute Gasteiger partial charge is 0.379 e. The molecule has 8 nitrogen and oxygen atoms in total. The standard InChI is InChI=1S/C26H24O8/c1-14(2)31-23(27)9-8-16-11-18-15(3)10-24(28)32-21(18)13-20(16)34-26(29)22-12-17-6-5-7-19(30-4)25(17)33-22/h5-7,10-14H,8-9H2,1-4H3. The predicted octanol–water partition coefficient (Wildman–Crippen LogP) is 4.96. The normalized spacial score (nSPS) is 11.2. The highest BCUT2D eigenvalue weighted by Crippen LogP contribution is 2.32. The largest absolute Gasteiger partial charge is 0.493 e. The zero-order chi connectivity index (χ0) is 24.4. The van der Waals surface area contributed by atoms with Crippen LogP contribution in [0.1, 0.15) is 41.9 Å². The fraction of sp³-hybridized carbons (Fsp3) is 0.269. The van der Waals surface area contributed by atoms with Crippen LogP contribution in [0.5, 0.6) is 11.5 Å². The van der Waals surface area contributed by atoms with Crippen molar-refractivity contribution < 1.29 is 32.6 Å². The van der Waals surface area contributed by atoms with Crippen molar-refractivity contribution in [3.8, 4) is 11.5 Å². The maximum absolute atomic E-state index is 12.9. The van der Waals surface area contributed by atoms with Crippen molar-refractivity contribution in [3.05, 3.63) is 69.8 Å². The quantitative estimate of drug-likeness (QED) is 0.215. The molecule has 0 spiro atoms. The number of furan rings is 1. The lowest BCUT2D eigenvalue weighted by molar-refractivity contribution is -0.147. The lowest BCUT2D eigenvalue weighted by Gasteiger charge is -2.12. The summed E-state index contributed by atoms with van der Waals surface area (Å²) < 4.78 is 27.1. The van der Waals surface area contributed by atoms with Crippen LogP contribution in [0.2, 0.25) is 0 Å². The Labute approximate surface area is 195 Å². The zero-order valence-electron chi connectivity index (χ0n) is 19.3. The van der Waals surface area contributed by atoms with Crippen LogP contribution in [0, 0.1) is 6.92 Å². The van der Waals surface area contributed by atoms with Crippen molar-refractivity contribution in [3.63, 3.8) is 0 Å². The maximum atomic E-state index is 12.9. The molecule has 0 amide bonds. The second-order valence-corrected chi connectivity index (χ2v) is 8.12. The van der Waals surface area contributed by atoms with Gasteiger partial charge in [0.15, 0.2) is 11.3 Å². The Morgan fingerprint density at radius 3 is 2.56 bits per heavy atom. The zero-order valence-corrected chi connectivity index (χ0v) is 19.3. The molecule has 2 aromatic heterocycles. The summed E-state index contributed by atoms with van der Waals surface area (Å²) >= 11 is 0. The minimum Gasteiger partial charge on any atom is -0.493 e. The molecule has 34 heavy (non-hydrogen) atoms. The second-order valence-electron chi connectivity index (χ2n) is 8.12. The van der Waals surface area contributed by atoms with E-state index in [1.54, 1.807) is 51.1 Å². The molecule has 2 heterocycles. The summed E-state index contributed by atoms with van der Waals surface area (Å²) in [6.07, 6.45) is 0.116. The fourth-order valence-electron chi connectivity index (χ4n) is 3.69. The molecule has 2 aromatic carbocycles. The van der Waals surface area contributed by atoms with Crippen LogP contribution in [0.3, 0.4) is 0 Å². The van der Waals surface area contributed by atoms with E-state index >= 15 is 0 Å². The van der Waals surface area contributed by atoms with Gasteiger partial charge in [0.05, 0.1) is 13.2 Å². The first-order chi connectivity index (χ1) is 16.2. The summed E-state index contributed by atoms with van der Waals surface area (Å²) in [6.45, 7) is 5.33. The van der Waals surface area contributed by atoms with Crippen molar-refractivity contribution in [1.29, 1.82) is 0 Å². The third kappa shape index (κ3) is 4.80. The van der Waals surface area contributed by atoms with Gasteiger partial charge in [0.25, 0.3) is 0 Å². The summed E-state index contributed by atoms with van der Waals surface area (Å²) in [4.78, 5) is 36.9. The van der Waals surface area contributed by atoms with Crippen LogP contribution in [0.15, 0.2) is 56.1 Å². The molecule has 0 atom stereocenters. The van der Waals surface area contributed by atoms with Crippen LogP contribution in [0.4, 0.5) is 0 Å². The Kier molecular flexibility index (Phi) is 6.40. The van der Waals surface area contributed by atoms with Gasteiger partial charge in [-0.15, -0.1) is 0 Å². The van der Waals surface area contributed by atoms with E-state index < -0.39 is 11.6 Å². The molecule has 0 aliphatic rings. The number of rotatable bonds is 7. The van der Waals surface area contributed by atoms with E-state index in [1.165, 1.54) is 19.2 Å². The molecule has 0 radical (unpaired) electrons. The average molecular weight is 464 g/mol. The van der Waals surface area contributed by atoms with Crippen LogP contribution in [0.25, 0.3) is 21.9 Å². The maximum Gasteiger partial charge on any atom is 0.379 e. The van der Waals surface area contributed by atoms with Gasteiger partial charge in [0, 0.05) is 29.3 Å². The number of ether oxygens (including phenoxy) is 3. The monoisotopic (exact) mass is 464 g/mol. The highest BCUT2D eigenvalue weighted by Gasteiger charge is 2.20. The molecule has 176 valence electrons. The van der Waals surface area contributed by atoms with Crippen molar-refractivity contribution in [1.82, 2.24) is 0 Å². The first-order valence-electron chi connectivity index (χ1n) is 10.8. The molecule has 4 rings (SSSR count). The number of aryl methyl sites for hydroxylation is 2. The van der Waals surface area contributed by atoms with Crippen molar-refractivity contribution in [2.75, 3.05) is 7.11 Å². The van der Waals surface area contributed by atoms with E-state index in [-0.39, 0.29) is 42.0 Å². The SMILES string of the molecule is COc1cccc2cc(C(=O)Oc3cc4oc(=O)cc(C)c4cc3CCC(=O)OC(C)C)oc12. The fourth-order valence-corrected chi connectivity index (χ4v) is 3.69. The van der Waals surface area contributed by atoms with E-state index in [9.17, 15) is 14.4 Å². The van der Waals surface area contributed by atoms with Crippen LogP contribution in [-0.2, 0) is 16.0 Å². The molecule has 8 heteroatoms. The molecule has 0 bridgehead atoms. The van der Waals surface area contributed by atoms with Gasteiger partial charge in [-0.3, -0.25) is 4.79 Å². The molecule has 0 aliphatic heterocycles. The van der Waals surface area contributed by atoms with Crippen molar-refractivity contribution in [2.24, 2.45) is 0 Å². The number of hydrogen-bond acceptors (Lipinski definition) is 8. The molecule has 0 saturated carbocycles. The van der Waals surface area contributed by atoms with Crippen molar-refractivity contribution in [2.45, 2.75) is 39.7 Å². The number of para-hydroxylation sites is 1. The summed E-state index contributed by atoms with van der Waals surface area (Å²) in [6, 6.07) is 11.5. The van der Waals surface area contributed by atoms with Gasteiger partial charge in [-0.2, -0.15) is 0 Å². The lowest BCUT2D eigenvalue weighted by atomic mass is 10.0. The number of carbonyl (C=O) groups is 2. The summed E-state index contributed by atoms with van der Waals surface area (Å²) in [5.41, 5.74) is 1.48. The van der Waals surface area contributed by atoms with Gasteiger partial charge in [-0.1, -0.05) is 12.1 Å². The van der Waals surface area contributed by atoms with Crippen LogP contribution in [-0.4, -0.2) is 25.2 Å². The molecule has 0 N–H and O–H groups in total. The number of methoxy groups -OCH3 is 1. The van der Waals surface area contributed by atoms with Gasteiger partial charge in [-0.25, -0.2) is 9.59 Å². The van der Waals surface area contributed by atoms with Gasteiger partial charge in [0.1, 0.15) is 11.3 Å². The number of fused-ring (bicyclic) bond motifs is 2. The van der Waals surface area contributed by atoms with Crippen LogP contribution < -0.4 is 15.1 Å². The van der Waals surface area contributed by atoms with E-state index in [0.29, 0.717) is 33.2 Å². The van der Waals surface area contributed by atoms with Crippen LogP contribution >= 0.6 is 0 Å². The highest BCUT2D eigenvalue weighted by molar-refractivity contribution is 5.96. The van der Waals surface area contributed by atoms with Gasteiger partial charge in [-0.05, 0) is 56.5 Å². The summed E-state index contributed by atoms with van der Waals surface area (Å²) in [5, 5.41) is 1.36. The molecule has 0 saturated heterocycles. The first-order valence-corrected chi connectivity index (χ1v) is 10.8. The van der Waals surface area contributed by atoms with Crippen molar-refractivity contribution >= 4 is 33.9 Å². The molecular weight excluding hydrogens is 440 g/mol. The second kappa shape index (κ2) is 9.43. The number of hydrogen-bond donors (Lipinski definition) is 0. The lowest BCUT2D eigenvalue weighted by Crippen LogP contribution is -2.13. The van der Waals surface area contributed by atoms with E-state index in [2.05, 4.69) is 0 Å². The van der Waals surface area contributed by atoms with Gasteiger partial charge < -0.3 is 23.0 Å². The predicted molar refractivity (Wildman–Crippen MR) is 124 cm³/mol. The molecule has 4 aromatic rings. The number of benzene rings is 2. The number of carbonyl (C=O) groups excluding carboxylic acids is 2. The Bertz CT molecular complexity index is 1440. The molecule has 0 aliphatic carbocycles. The minimum absolute atomic E-state index is 0.0181. The van der Waals surface area contributed by atoms with E-state index in [0.717, 1.165) is 0 Å². The van der Waals surface area contributed by atoms with Gasteiger partial charge >= 0.3 is 17.6 Å². The molecular formula is C26H24O8. The summed E-state index contributed by atoms with van der Waals surface area (Å²) in [5.74, 6) is -0.470. The third-order valence-electron chi connectivity index (χ3n) is 5.23. The summed E-state index contributed by atoms with van der Waals surface area (Å²) in [7, 11) is 1.51. The third-order valence-corrected chi connectivity index (χ3v) is 5.23. The highest BCUT2D eigenvalue weighted by atomic mass is 16.6. The number of esters is 2. The average Bonchev–Trinajstić information content (AvgIpc) is 3.22. The Morgan fingerprint density at radius 1 is 1.03 bits per heavy atom. The van der Waals surface area contributed by atoms with E-state index in [1.807, 2.05) is 0 Å². The van der Waals surface area contributed by atoms with Gasteiger partial charge in [0.2, 0.25) is 5.76 Å². The Hall–Kier alpha value is -4.07. The topological polar surface area (TPSA) is 105 Å². The molecule has 0 fully saturated rings. The first kappa shape index (κ1) is 23.1. The Morgan fingerprint density at radius 2 is 1.82 bits per heavy atom.